The van der Waals surface area contributed by atoms with Crippen molar-refractivity contribution in [3.63, 3.8) is 0 Å². The lowest BCUT2D eigenvalue weighted by atomic mass is 10.1. The van der Waals surface area contributed by atoms with Gasteiger partial charge in [0.2, 0.25) is 4.60 Å². The van der Waals surface area contributed by atoms with Crippen molar-refractivity contribution in [3.8, 4) is 11.3 Å². The number of imidazole rings is 1. The number of hydrogen-bond donors (Lipinski definition) is 0. The highest BCUT2D eigenvalue weighted by Gasteiger charge is 2.24. The van der Waals surface area contributed by atoms with E-state index in [1.807, 2.05) is 24.3 Å². The van der Waals surface area contributed by atoms with E-state index in [1.165, 1.54) is 4.57 Å². The molecule has 0 aliphatic heterocycles. The van der Waals surface area contributed by atoms with Crippen LogP contribution < -0.4 is 0 Å². The average Bonchev–Trinajstić information content (AvgIpc) is 2.67. The molecular weight excluding hydrogens is 314 g/mol. The number of aromatic nitrogens is 2. The molecule has 19 heavy (non-hydrogen) atoms. The highest BCUT2D eigenvalue weighted by Crippen LogP contribution is 2.31. The molecule has 1 aromatic carbocycles. The monoisotopic (exact) mass is 325 g/mol. The number of nitrogens with zero attached hydrogens (tertiary/aromatic N) is 3. The van der Waals surface area contributed by atoms with Crippen LogP contribution >= 0.6 is 15.9 Å². The van der Waals surface area contributed by atoms with Crippen molar-refractivity contribution in [1.82, 2.24) is 9.55 Å². The molecule has 0 N–H and O–H groups in total. The van der Waals surface area contributed by atoms with Crippen LogP contribution in [0, 0.1) is 10.1 Å². The van der Waals surface area contributed by atoms with Crippen molar-refractivity contribution in [2.45, 2.75) is 6.61 Å². The molecule has 0 unspecified atom stereocenters. The Morgan fingerprint density at radius 2 is 2.05 bits per heavy atom. The van der Waals surface area contributed by atoms with Gasteiger partial charge in [0, 0.05) is 12.7 Å². The van der Waals surface area contributed by atoms with E-state index in [2.05, 4.69) is 20.9 Å². The third-order valence-electron chi connectivity index (χ3n) is 2.73. The zero-order chi connectivity index (χ0) is 14.0. The van der Waals surface area contributed by atoms with Crippen molar-refractivity contribution >= 4 is 21.9 Å². The molecule has 0 spiro atoms. The summed E-state index contributed by atoms with van der Waals surface area (Å²) < 4.78 is 6.95. The molecule has 0 saturated carbocycles. The summed E-state index contributed by atoms with van der Waals surface area (Å²) in [7, 11) is 3.25. The Balaban J connectivity index is 2.44. The zero-order valence-corrected chi connectivity index (χ0v) is 12.0. The van der Waals surface area contributed by atoms with Crippen molar-refractivity contribution in [1.29, 1.82) is 0 Å². The Morgan fingerprint density at radius 1 is 1.42 bits per heavy atom. The maximum atomic E-state index is 10.8. The minimum Gasteiger partial charge on any atom is -0.390 e. The second kappa shape index (κ2) is 5.50. The lowest BCUT2D eigenvalue weighted by Gasteiger charge is -2.03. The third-order valence-corrected chi connectivity index (χ3v) is 3.28. The molecule has 7 heteroatoms. The summed E-state index contributed by atoms with van der Waals surface area (Å²) in [5.41, 5.74) is 2.57. The highest BCUT2D eigenvalue weighted by atomic mass is 79.9. The van der Waals surface area contributed by atoms with Crippen LogP contribution in [0.4, 0.5) is 5.95 Å². The first-order chi connectivity index (χ1) is 9.04. The summed E-state index contributed by atoms with van der Waals surface area (Å²) in [6, 6.07) is 7.62. The number of hydrogen-bond acceptors (Lipinski definition) is 4. The van der Waals surface area contributed by atoms with Gasteiger partial charge in [0.05, 0.1) is 13.7 Å². The van der Waals surface area contributed by atoms with Gasteiger partial charge < -0.3 is 14.9 Å². The third kappa shape index (κ3) is 2.66. The number of nitro groups is 1. The minimum atomic E-state index is -0.506. The van der Waals surface area contributed by atoms with Crippen LogP contribution in [-0.2, 0) is 18.4 Å². The average molecular weight is 326 g/mol. The fourth-order valence-electron chi connectivity index (χ4n) is 1.86. The van der Waals surface area contributed by atoms with Crippen LogP contribution in [0.25, 0.3) is 11.3 Å². The lowest BCUT2D eigenvalue weighted by molar-refractivity contribution is -0.396. The Morgan fingerprint density at radius 3 is 2.53 bits per heavy atom. The molecule has 0 radical (unpaired) electrons. The van der Waals surface area contributed by atoms with Gasteiger partial charge >= 0.3 is 5.95 Å². The molecular formula is C12H12BrN3O3. The molecule has 2 aromatic rings. The molecule has 1 heterocycles. The van der Waals surface area contributed by atoms with Gasteiger partial charge in [0.25, 0.3) is 0 Å². The van der Waals surface area contributed by atoms with Gasteiger partial charge in [-0.25, -0.2) is 4.57 Å². The van der Waals surface area contributed by atoms with E-state index in [0.29, 0.717) is 16.9 Å². The quantitative estimate of drug-likeness (QED) is 0.640. The van der Waals surface area contributed by atoms with E-state index in [9.17, 15) is 10.1 Å². The van der Waals surface area contributed by atoms with Gasteiger partial charge in [-0.2, -0.15) is 0 Å². The Labute approximate surface area is 118 Å². The van der Waals surface area contributed by atoms with Gasteiger partial charge in [0.15, 0.2) is 5.69 Å². The summed E-state index contributed by atoms with van der Waals surface area (Å²) in [6.45, 7) is 0.535. The van der Waals surface area contributed by atoms with Crippen LogP contribution in [0.1, 0.15) is 5.56 Å². The highest BCUT2D eigenvalue weighted by molar-refractivity contribution is 9.10. The van der Waals surface area contributed by atoms with E-state index >= 15 is 0 Å². The summed E-state index contributed by atoms with van der Waals surface area (Å²) in [5, 5.41) is 10.8. The van der Waals surface area contributed by atoms with Crippen LogP contribution in [0.5, 0.6) is 0 Å². The second-order valence-corrected chi connectivity index (χ2v) is 4.75. The smallest absolute Gasteiger partial charge is 0.390 e. The first kappa shape index (κ1) is 13.7. The van der Waals surface area contributed by atoms with Gasteiger partial charge in [0.1, 0.15) is 0 Å². The van der Waals surface area contributed by atoms with E-state index < -0.39 is 4.92 Å². The van der Waals surface area contributed by atoms with Gasteiger partial charge in [-0.3, -0.25) is 0 Å². The molecule has 0 bridgehead atoms. The number of halogens is 1. The summed E-state index contributed by atoms with van der Waals surface area (Å²) in [5.74, 6) is -0.192. The predicted octanol–water partition coefficient (Wildman–Crippen LogP) is 2.90. The van der Waals surface area contributed by atoms with Crippen molar-refractivity contribution < 1.29 is 9.66 Å². The maximum absolute atomic E-state index is 10.8. The fraction of sp³-hybridized carbons (Fsp3) is 0.250. The number of methoxy groups -OCH3 is 1. The maximum Gasteiger partial charge on any atom is 0.436 e. The van der Waals surface area contributed by atoms with Crippen LogP contribution in [-0.4, -0.2) is 21.6 Å². The number of rotatable bonds is 4. The first-order valence-corrected chi connectivity index (χ1v) is 6.28. The van der Waals surface area contributed by atoms with Gasteiger partial charge in [-0.05, 0) is 26.4 Å². The number of ether oxygens (including phenoxy) is 1. The molecule has 0 fully saturated rings. The van der Waals surface area contributed by atoms with Gasteiger partial charge in [-0.1, -0.05) is 29.2 Å². The van der Waals surface area contributed by atoms with Crippen molar-refractivity contribution in [2.75, 3.05) is 7.11 Å². The molecule has 0 aliphatic carbocycles. The molecule has 0 atom stereocenters. The molecule has 0 amide bonds. The molecule has 6 nitrogen and oxygen atoms in total. The lowest BCUT2D eigenvalue weighted by Crippen LogP contribution is -1.99. The largest absolute Gasteiger partial charge is 0.436 e. The predicted molar refractivity (Wildman–Crippen MR) is 73.7 cm³/mol. The topological polar surface area (TPSA) is 70.2 Å². The number of benzene rings is 1. The van der Waals surface area contributed by atoms with Gasteiger partial charge in [-0.15, -0.1) is 0 Å². The van der Waals surface area contributed by atoms with Crippen molar-refractivity contribution in [3.05, 3.63) is 44.5 Å². The van der Waals surface area contributed by atoms with E-state index in [0.717, 1.165) is 11.1 Å². The standard InChI is InChI=1S/C12H12BrN3O3/c1-15-10(11(13)14-12(15)16(17)18)9-5-3-8(4-6-9)7-19-2/h3-6H,7H2,1-2H3. The Bertz CT molecular complexity index is 607. The van der Waals surface area contributed by atoms with Crippen LogP contribution in [0.3, 0.4) is 0 Å². The zero-order valence-electron chi connectivity index (χ0n) is 10.5. The summed E-state index contributed by atoms with van der Waals surface area (Å²) >= 11 is 3.26. The van der Waals surface area contributed by atoms with E-state index in [4.69, 9.17) is 4.74 Å². The summed E-state index contributed by atoms with van der Waals surface area (Å²) in [6.07, 6.45) is 0. The Hall–Kier alpha value is -1.73. The van der Waals surface area contributed by atoms with Crippen molar-refractivity contribution in [2.24, 2.45) is 7.05 Å². The summed E-state index contributed by atoms with van der Waals surface area (Å²) in [4.78, 5) is 14.2. The molecule has 2 rings (SSSR count). The minimum absolute atomic E-state index is 0.192. The van der Waals surface area contributed by atoms with Crippen LogP contribution in [0.15, 0.2) is 28.9 Å². The van der Waals surface area contributed by atoms with E-state index in [-0.39, 0.29) is 5.95 Å². The molecule has 1 aromatic heterocycles. The second-order valence-electron chi connectivity index (χ2n) is 4.00. The molecule has 0 saturated heterocycles. The SMILES string of the molecule is COCc1ccc(-c2c(Br)nc([N+](=O)[O-])n2C)cc1. The molecule has 0 aliphatic rings. The van der Waals surface area contributed by atoms with E-state index in [1.54, 1.807) is 14.2 Å². The fourth-order valence-corrected chi connectivity index (χ4v) is 2.51. The first-order valence-electron chi connectivity index (χ1n) is 5.49. The van der Waals surface area contributed by atoms with Crippen LogP contribution in [0.2, 0.25) is 0 Å². The Kier molecular flexibility index (Phi) is 3.96. The molecule has 100 valence electrons. The normalized spacial score (nSPS) is 10.7.